The number of imidazole rings is 1. The maximum absolute atomic E-state index is 13.9. The van der Waals surface area contributed by atoms with Crippen molar-refractivity contribution in [3.05, 3.63) is 86.9 Å². The highest BCUT2D eigenvalue weighted by atomic mass is 35.5. The second kappa shape index (κ2) is 9.26. The number of carbonyl (C=O) groups excluding carboxylic acids is 1. The van der Waals surface area contributed by atoms with Crippen LogP contribution in [0.15, 0.2) is 54.9 Å². The molecule has 1 N–H and O–H groups in total. The normalized spacial score (nSPS) is 17.6. The largest absolute Gasteiger partial charge is 0.332 e. The summed E-state index contributed by atoms with van der Waals surface area (Å²) in [6.45, 7) is 2.53. The summed E-state index contributed by atoms with van der Waals surface area (Å²) in [7, 11) is 0. The molecule has 8 rings (SSSR count). The molecule has 1 spiro atoms. The number of rotatable bonds is 4. The Morgan fingerprint density at radius 2 is 1.88 bits per heavy atom. The molecule has 1 atom stereocenters. The SMILES string of the molecule is Cc1nn(-c2nc3ccccc3[nH]2)c2ncc(C(=O)N3CCC(c4cn(-c5c(Cl)cc(Cl)cc5Cl)nn4)C34CC4)cc12. The van der Waals surface area contributed by atoms with Crippen LogP contribution < -0.4 is 0 Å². The summed E-state index contributed by atoms with van der Waals surface area (Å²) < 4.78 is 3.27. The Hall–Kier alpha value is -3.99. The lowest BCUT2D eigenvalue weighted by Crippen LogP contribution is -2.39. The number of carbonyl (C=O) groups is 1. The molecule has 5 heterocycles. The second-order valence-electron chi connectivity index (χ2n) is 10.9. The topological polar surface area (TPSA) is 110 Å². The van der Waals surface area contributed by atoms with Gasteiger partial charge in [-0.25, -0.2) is 14.6 Å². The lowest BCUT2D eigenvalue weighted by Gasteiger charge is -2.27. The highest BCUT2D eigenvalue weighted by molar-refractivity contribution is 6.40. The van der Waals surface area contributed by atoms with Gasteiger partial charge in [-0.15, -0.1) is 5.10 Å². The molecule has 2 aromatic carbocycles. The molecule has 6 aromatic rings. The predicted octanol–water partition coefficient (Wildman–Crippen LogP) is 6.31. The van der Waals surface area contributed by atoms with Crippen LogP contribution in [0.25, 0.3) is 33.7 Å². The van der Waals surface area contributed by atoms with Gasteiger partial charge < -0.3 is 9.88 Å². The van der Waals surface area contributed by atoms with Gasteiger partial charge in [0.15, 0.2) is 5.65 Å². The van der Waals surface area contributed by atoms with Crippen molar-refractivity contribution in [3.63, 3.8) is 0 Å². The number of amides is 1. The van der Waals surface area contributed by atoms with Crippen LogP contribution in [0.5, 0.6) is 0 Å². The number of hydrogen-bond acceptors (Lipinski definition) is 6. The molecule has 1 saturated carbocycles. The molecular weight excluding hydrogens is 597 g/mol. The molecule has 210 valence electrons. The molecule has 1 aliphatic heterocycles. The zero-order valence-corrected chi connectivity index (χ0v) is 24.5. The number of aromatic nitrogens is 8. The molecule has 0 bridgehead atoms. The molecule has 1 saturated heterocycles. The monoisotopic (exact) mass is 617 g/mol. The number of H-pyrrole nitrogens is 1. The molecule has 1 unspecified atom stereocenters. The number of pyridine rings is 1. The quantitative estimate of drug-likeness (QED) is 0.248. The number of aryl methyl sites for hydroxylation is 1. The van der Waals surface area contributed by atoms with Crippen molar-refractivity contribution in [2.45, 2.75) is 37.6 Å². The molecule has 1 aliphatic carbocycles. The van der Waals surface area contributed by atoms with Gasteiger partial charge >= 0.3 is 0 Å². The fourth-order valence-electron chi connectivity index (χ4n) is 6.31. The van der Waals surface area contributed by atoms with Crippen LogP contribution in [0.4, 0.5) is 0 Å². The number of para-hydroxylation sites is 2. The van der Waals surface area contributed by atoms with Gasteiger partial charge in [0.05, 0.1) is 49.8 Å². The van der Waals surface area contributed by atoms with E-state index in [-0.39, 0.29) is 17.4 Å². The number of halogens is 3. The minimum atomic E-state index is -0.298. The van der Waals surface area contributed by atoms with E-state index in [9.17, 15) is 4.79 Å². The zero-order valence-electron chi connectivity index (χ0n) is 22.2. The Balaban J connectivity index is 1.09. The molecule has 2 aliphatic rings. The van der Waals surface area contributed by atoms with Crippen molar-refractivity contribution in [2.75, 3.05) is 6.54 Å². The van der Waals surface area contributed by atoms with Crippen molar-refractivity contribution in [1.82, 2.24) is 44.6 Å². The van der Waals surface area contributed by atoms with Crippen LogP contribution in [-0.2, 0) is 0 Å². The maximum atomic E-state index is 13.9. The van der Waals surface area contributed by atoms with Crippen LogP contribution in [0.2, 0.25) is 15.1 Å². The molecule has 42 heavy (non-hydrogen) atoms. The summed E-state index contributed by atoms with van der Waals surface area (Å²) in [6.07, 6.45) is 6.07. The van der Waals surface area contributed by atoms with Crippen LogP contribution in [0.3, 0.4) is 0 Å². The van der Waals surface area contributed by atoms with E-state index in [4.69, 9.17) is 34.8 Å². The molecule has 2 fully saturated rings. The average molecular weight is 619 g/mol. The van der Waals surface area contributed by atoms with Crippen molar-refractivity contribution in [3.8, 4) is 11.6 Å². The summed E-state index contributed by atoms with van der Waals surface area (Å²) >= 11 is 18.9. The summed E-state index contributed by atoms with van der Waals surface area (Å²) in [5.74, 6) is 0.584. The average Bonchev–Trinajstić information content (AvgIpc) is 3.29. The molecular formula is C29H22Cl3N9O. The Labute approximate surface area is 254 Å². The molecule has 13 heteroatoms. The van der Waals surface area contributed by atoms with Crippen LogP contribution in [0.1, 0.15) is 46.9 Å². The first-order valence-corrected chi connectivity index (χ1v) is 14.7. The fourth-order valence-corrected chi connectivity index (χ4v) is 7.30. The molecule has 1 amide bonds. The number of likely N-dealkylation sites (tertiary alicyclic amines) is 1. The third-order valence-electron chi connectivity index (χ3n) is 8.45. The van der Waals surface area contributed by atoms with E-state index in [0.29, 0.717) is 44.5 Å². The van der Waals surface area contributed by atoms with Crippen LogP contribution in [-0.4, -0.2) is 62.6 Å². The predicted molar refractivity (Wildman–Crippen MR) is 160 cm³/mol. The molecule has 10 nitrogen and oxygen atoms in total. The summed E-state index contributed by atoms with van der Waals surface area (Å²) in [6, 6.07) is 12.9. The van der Waals surface area contributed by atoms with Gasteiger partial charge in [-0.2, -0.15) is 9.78 Å². The van der Waals surface area contributed by atoms with E-state index >= 15 is 0 Å². The Kier molecular flexibility index (Phi) is 5.66. The third kappa shape index (κ3) is 3.85. The van der Waals surface area contributed by atoms with Crippen molar-refractivity contribution >= 4 is 62.8 Å². The minimum absolute atomic E-state index is 0.0449. The van der Waals surface area contributed by atoms with Gasteiger partial charge in [0.1, 0.15) is 5.69 Å². The van der Waals surface area contributed by atoms with Crippen molar-refractivity contribution in [1.29, 1.82) is 0 Å². The first-order valence-electron chi connectivity index (χ1n) is 13.5. The van der Waals surface area contributed by atoms with Crippen LogP contribution >= 0.6 is 34.8 Å². The summed E-state index contributed by atoms with van der Waals surface area (Å²) in [5.41, 5.74) is 4.73. The van der Waals surface area contributed by atoms with Gasteiger partial charge in [0.25, 0.3) is 5.91 Å². The maximum Gasteiger partial charge on any atom is 0.255 e. The van der Waals surface area contributed by atoms with Crippen molar-refractivity contribution in [2.24, 2.45) is 0 Å². The number of aromatic amines is 1. The van der Waals surface area contributed by atoms with E-state index < -0.39 is 0 Å². The highest BCUT2D eigenvalue weighted by Crippen LogP contribution is 2.57. The third-order valence-corrected chi connectivity index (χ3v) is 9.24. The second-order valence-corrected chi connectivity index (χ2v) is 12.1. The zero-order chi connectivity index (χ0) is 28.7. The van der Waals surface area contributed by atoms with Crippen LogP contribution in [0, 0.1) is 6.92 Å². The van der Waals surface area contributed by atoms with Crippen molar-refractivity contribution < 1.29 is 4.79 Å². The fraction of sp³-hybridized carbons (Fsp3) is 0.241. The number of nitrogens with one attached hydrogen (secondary N) is 1. The van der Waals surface area contributed by atoms with E-state index in [2.05, 4.69) is 30.4 Å². The Bertz CT molecular complexity index is 2000. The van der Waals surface area contributed by atoms with Gasteiger partial charge in [-0.1, -0.05) is 52.1 Å². The Morgan fingerprint density at radius 1 is 1.10 bits per heavy atom. The first-order chi connectivity index (χ1) is 20.3. The summed E-state index contributed by atoms with van der Waals surface area (Å²) in [5, 5.41) is 15.5. The van der Waals surface area contributed by atoms with E-state index in [1.165, 1.54) is 0 Å². The summed E-state index contributed by atoms with van der Waals surface area (Å²) in [4.78, 5) is 28.6. The highest BCUT2D eigenvalue weighted by Gasteiger charge is 2.60. The molecule has 0 radical (unpaired) electrons. The number of benzene rings is 2. The van der Waals surface area contributed by atoms with Gasteiger partial charge in [-0.3, -0.25) is 4.79 Å². The number of nitrogens with zero attached hydrogens (tertiary/aromatic N) is 8. The smallest absolute Gasteiger partial charge is 0.255 e. The lowest BCUT2D eigenvalue weighted by atomic mass is 9.94. The number of fused-ring (bicyclic) bond motifs is 2. The van der Waals surface area contributed by atoms with Gasteiger partial charge in [0, 0.05) is 29.1 Å². The Morgan fingerprint density at radius 3 is 2.64 bits per heavy atom. The molecule has 4 aromatic heterocycles. The first kappa shape index (κ1) is 25.7. The van der Waals surface area contributed by atoms with E-state index in [1.54, 1.807) is 27.7 Å². The van der Waals surface area contributed by atoms with E-state index in [1.807, 2.05) is 48.4 Å². The number of hydrogen-bond donors (Lipinski definition) is 1. The lowest BCUT2D eigenvalue weighted by molar-refractivity contribution is 0.0708. The minimum Gasteiger partial charge on any atom is -0.332 e. The van der Waals surface area contributed by atoms with Gasteiger partial charge in [-0.05, 0) is 56.5 Å². The van der Waals surface area contributed by atoms with E-state index in [0.717, 1.165) is 47.1 Å². The van der Waals surface area contributed by atoms with Gasteiger partial charge in [0.2, 0.25) is 5.95 Å². The standard InChI is InChI=1S/C29H22Cl3N9O/c1-15-18-10-16(13-33-26(18)41(37-15)28-34-22-4-2-3-5-23(22)35-28)27(42)39-9-6-19(29(39)7-8-29)24-14-40(38-36-24)25-20(31)11-17(30)12-21(25)32/h2-5,10-14,19H,6-9H2,1H3,(H,34,35).